The first-order valence-corrected chi connectivity index (χ1v) is 8.60. The van der Waals surface area contributed by atoms with Crippen LogP contribution >= 0.6 is 35.3 Å². The molecule has 2 N–H and O–H groups in total. The minimum atomic E-state index is 0. The zero-order valence-electron chi connectivity index (χ0n) is 15.0. The fourth-order valence-electron chi connectivity index (χ4n) is 2.23. The normalized spacial score (nSPS) is 10.8. The summed E-state index contributed by atoms with van der Waals surface area (Å²) in [6.45, 7) is 3.45. The summed E-state index contributed by atoms with van der Waals surface area (Å²) in [6.07, 6.45) is 0.876. The molecule has 0 amide bonds. The van der Waals surface area contributed by atoms with Crippen molar-refractivity contribution in [3.8, 4) is 11.5 Å². The number of halogens is 1. The van der Waals surface area contributed by atoms with E-state index in [1.807, 2.05) is 25.1 Å². The average molecular weight is 476 g/mol. The number of rotatable bonds is 7. The molecule has 1 aromatic heterocycles. The topological polar surface area (TPSA) is 67.8 Å². The lowest BCUT2D eigenvalue weighted by atomic mass is 10.2. The summed E-state index contributed by atoms with van der Waals surface area (Å²) in [5.41, 5.74) is 2.20. The third kappa shape index (κ3) is 6.69. The van der Waals surface area contributed by atoms with Crippen LogP contribution in [0, 0.1) is 6.92 Å². The van der Waals surface area contributed by atoms with Gasteiger partial charge < -0.3 is 20.1 Å². The van der Waals surface area contributed by atoms with Crippen LogP contribution in [-0.4, -0.2) is 38.8 Å². The second-order valence-electron chi connectivity index (χ2n) is 5.15. The molecule has 0 aliphatic heterocycles. The monoisotopic (exact) mass is 476 g/mol. The molecule has 25 heavy (non-hydrogen) atoms. The predicted octanol–water partition coefficient (Wildman–Crippen LogP) is 2.99. The Balaban J connectivity index is 0.00000312. The Morgan fingerprint density at radius 2 is 1.96 bits per heavy atom. The Kier molecular flexibility index (Phi) is 9.58. The maximum Gasteiger partial charge on any atom is 0.191 e. The number of hydrogen-bond acceptors (Lipinski definition) is 5. The number of thiazole rings is 1. The third-order valence-electron chi connectivity index (χ3n) is 3.47. The van der Waals surface area contributed by atoms with Gasteiger partial charge in [-0.25, -0.2) is 4.98 Å². The van der Waals surface area contributed by atoms with Crippen LogP contribution in [0.5, 0.6) is 11.5 Å². The highest BCUT2D eigenvalue weighted by atomic mass is 127. The van der Waals surface area contributed by atoms with E-state index in [0.29, 0.717) is 6.54 Å². The van der Waals surface area contributed by atoms with Crippen LogP contribution < -0.4 is 20.1 Å². The molecule has 138 valence electrons. The summed E-state index contributed by atoms with van der Waals surface area (Å²) >= 11 is 1.68. The molecule has 0 fully saturated rings. The number of aromatic nitrogens is 1. The molecule has 6 nitrogen and oxygen atoms in total. The van der Waals surface area contributed by atoms with Gasteiger partial charge in [-0.15, -0.1) is 35.3 Å². The Morgan fingerprint density at radius 1 is 1.20 bits per heavy atom. The summed E-state index contributed by atoms with van der Waals surface area (Å²) in [4.78, 5) is 8.69. The molecule has 0 atom stereocenters. The summed E-state index contributed by atoms with van der Waals surface area (Å²) < 4.78 is 10.6. The highest BCUT2D eigenvalue weighted by Crippen LogP contribution is 2.27. The molecule has 2 rings (SSSR count). The number of benzene rings is 1. The zero-order chi connectivity index (χ0) is 17.4. The highest BCUT2D eigenvalue weighted by molar-refractivity contribution is 14.0. The molecule has 1 heterocycles. The van der Waals surface area contributed by atoms with E-state index in [0.717, 1.165) is 46.7 Å². The van der Waals surface area contributed by atoms with Crippen molar-refractivity contribution < 1.29 is 9.47 Å². The Hall–Kier alpha value is -1.55. The molecule has 0 saturated heterocycles. The molecule has 0 aliphatic rings. The van der Waals surface area contributed by atoms with Crippen LogP contribution in [0.3, 0.4) is 0 Å². The molecule has 0 saturated carbocycles. The quantitative estimate of drug-likeness (QED) is 0.366. The van der Waals surface area contributed by atoms with Gasteiger partial charge in [0, 0.05) is 31.9 Å². The van der Waals surface area contributed by atoms with Crippen molar-refractivity contribution >= 4 is 41.3 Å². The van der Waals surface area contributed by atoms with E-state index < -0.39 is 0 Å². The van der Waals surface area contributed by atoms with Gasteiger partial charge in [-0.3, -0.25) is 4.99 Å². The van der Waals surface area contributed by atoms with Crippen molar-refractivity contribution in [2.75, 3.05) is 27.8 Å². The van der Waals surface area contributed by atoms with Crippen LogP contribution in [0.2, 0.25) is 0 Å². The van der Waals surface area contributed by atoms with Gasteiger partial charge in [0.25, 0.3) is 0 Å². The van der Waals surface area contributed by atoms with E-state index in [1.165, 1.54) is 0 Å². The minimum absolute atomic E-state index is 0. The van der Waals surface area contributed by atoms with Gasteiger partial charge in [0.1, 0.15) is 0 Å². The fraction of sp³-hybridized carbons (Fsp3) is 0.412. The van der Waals surface area contributed by atoms with Crippen molar-refractivity contribution in [1.29, 1.82) is 0 Å². The number of aryl methyl sites for hydroxylation is 1. The number of hydrogen-bond donors (Lipinski definition) is 2. The van der Waals surface area contributed by atoms with Crippen LogP contribution in [0.4, 0.5) is 0 Å². The number of ether oxygens (including phenoxy) is 2. The van der Waals surface area contributed by atoms with E-state index in [4.69, 9.17) is 9.47 Å². The molecular weight excluding hydrogens is 451 g/mol. The lowest BCUT2D eigenvalue weighted by Gasteiger charge is -2.13. The van der Waals surface area contributed by atoms with Gasteiger partial charge >= 0.3 is 0 Å². The van der Waals surface area contributed by atoms with E-state index >= 15 is 0 Å². The summed E-state index contributed by atoms with van der Waals surface area (Å²) in [7, 11) is 5.03. The van der Waals surface area contributed by atoms with Crippen LogP contribution in [0.25, 0.3) is 0 Å². The van der Waals surface area contributed by atoms with Gasteiger partial charge in [-0.2, -0.15) is 0 Å². The van der Waals surface area contributed by atoms with Gasteiger partial charge in [0.2, 0.25) is 0 Å². The first-order chi connectivity index (χ1) is 11.7. The fourth-order valence-corrected chi connectivity index (χ4v) is 2.88. The lowest BCUT2D eigenvalue weighted by Crippen LogP contribution is -2.37. The van der Waals surface area contributed by atoms with Crippen LogP contribution in [0.15, 0.2) is 28.6 Å². The molecule has 0 bridgehead atoms. The van der Waals surface area contributed by atoms with E-state index in [2.05, 4.69) is 26.0 Å². The Labute approximate surface area is 170 Å². The third-order valence-corrected chi connectivity index (χ3v) is 4.29. The van der Waals surface area contributed by atoms with Gasteiger partial charge in [-0.1, -0.05) is 6.07 Å². The molecule has 8 heteroatoms. The number of methoxy groups -OCH3 is 2. The smallest absolute Gasteiger partial charge is 0.191 e. The van der Waals surface area contributed by atoms with Crippen LogP contribution in [0.1, 0.15) is 16.3 Å². The van der Waals surface area contributed by atoms with Crippen molar-refractivity contribution in [3.05, 3.63) is 39.8 Å². The van der Waals surface area contributed by atoms with Crippen molar-refractivity contribution in [3.63, 3.8) is 0 Å². The maximum absolute atomic E-state index is 5.32. The van der Waals surface area contributed by atoms with Crippen molar-refractivity contribution in [2.45, 2.75) is 19.9 Å². The second kappa shape index (κ2) is 11.1. The Bertz CT molecular complexity index is 691. The number of guanidine groups is 1. The van der Waals surface area contributed by atoms with E-state index in [9.17, 15) is 0 Å². The first-order valence-electron chi connectivity index (χ1n) is 7.72. The minimum Gasteiger partial charge on any atom is -0.493 e. The second-order valence-corrected chi connectivity index (χ2v) is 6.21. The van der Waals surface area contributed by atoms with Crippen molar-refractivity contribution in [1.82, 2.24) is 15.6 Å². The number of aliphatic imine (C=N–C) groups is 1. The zero-order valence-corrected chi connectivity index (χ0v) is 18.1. The summed E-state index contributed by atoms with van der Waals surface area (Å²) in [6, 6.07) is 5.85. The molecule has 1 aromatic carbocycles. The molecule has 2 aromatic rings. The number of nitrogens with one attached hydrogen (secondary N) is 2. The molecule has 0 spiro atoms. The van der Waals surface area contributed by atoms with Crippen LogP contribution in [-0.2, 0) is 13.0 Å². The maximum atomic E-state index is 5.32. The van der Waals surface area contributed by atoms with Gasteiger partial charge in [0.15, 0.2) is 17.5 Å². The molecular formula is C17H25IN4O2S. The van der Waals surface area contributed by atoms with Crippen molar-refractivity contribution in [2.24, 2.45) is 4.99 Å². The molecule has 0 radical (unpaired) electrons. The van der Waals surface area contributed by atoms with E-state index in [1.54, 1.807) is 32.6 Å². The standard InChI is InChI=1S/C17H24N4O2S.HI/c1-12-21-14(11-24-12)7-8-19-17(18-2)20-10-13-5-6-15(22-3)16(9-13)23-4;/h5-6,9,11H,7-8,10H2,1-4H3,(H2,18,19,20);1H. The molecule has 0 aliphatic carbocycles. The predicted molar refractivity (Wildman–Crippen MR) is 114 cm³/mol. The average Bonchev–Trinajstić information content (AvgIpc) is 3.02. The van der Waals surface area contributed by atoms with Gasteiger partial charge in [-0.05, 0) is 24.6 Å². The lowest BCUT2D eigenvalue weighted by molar-refractivity contribution is 0.354. The Morgan fingerprint density at radius 3 is 2.56 bits per heavy atom. The SMILES string of the molecule is CN=C(NCCc1csc(C)n1)NCc1ccc(OC)c(OC)c1.I. The summed E-state index contributed by atoms with van der Waals surface area (Å²) in [5, 5.41) is 9.78. The molecule has 0 unspecified atom stereocenters. The first kappa shape index (κ1) is 21.5. The highest BCUT2D eigenvalue weighted by Gasteiger charge is 2.05. The number of nitrogens with zero attached hydrogens (tertiary/aromatic N) is 2. The largest absolute Gasteiger partial charge is 0.493 e. The van der Waals surface area contributed by atoms with E-state index in [-0.39, 0.29) is 24.0 Å². The van der Waals surface area contributed by atoms with Gasteiger partial charge in [0.05, 0.1) is 24.9 Å². The summed E-state index contributed by atoms with van der Waals surface area (Å²) in [5.74, 6) is 2.21.